The fourth-order valence-electron chi connectivity index (χ4n) is 2.14. The summed E-state index contributed by atoms with van der Waals surface area (Å²) in [5.74, 6) is -0.0863. The maximum Gasteiger partial charge on any atom is 0.243 e. The van der Waals surface area contributed by atoms with E-state index in [1.807, 2.05) is 24.3 Å². The summed E-state index contributed by atoms with van der Waals surface area (Å²) in [7, 11) is 0. The Labute approximate surface area is 100 Å². The first-order chi connectivity index (χ1) is 8.24. The van der Waals surface area contributed by atoms with Crippen molar-refractivity contribution in [3.63, 3.8) is 0 Å². The maximum absolute atomic E-state index is 12.1. The van der Waals surface area contributed by atoms with Crippen molar-refractivity contribution in [2.75, 3.05) is 11.4 Å². The van der Waals surface area contributed by atoms with Crippen molar-refractivity contribution in [1.29, 1.82) is 0 Å². The van der Waals surface area contributed by atoms with Gasteiger partial charge in [0.15, 0.2) is 0 Å². The molecular formula is C13H16N2O2. The van der Waals surface area contributed by atoms with Gasteiger partial charge in [0, 0.05) is 18.7 Å². The van der Waals surface area contributed by atoms with Crippen LogP contribution in [0, 0.1) is 0 Å². The second-order valence-corrected chi connectivity index (χ2v) is 4.22. The molecule has 2 N–H and O–H groups in total. The molecule has 4 nitrogen and oxygen atoms in total. The minimum Gasteiger partial charge on any atom is -0.320 e. The predicted octanol–water partition coefficient (Wildman–Crippen LogP) is 0.882. The average Bonchev–Trinajstić information content (AvgIpc) is 2.78. The Morgan fingerprint density at radius 3 is 3.00 bits per heavy atom. The first-order valence-corrected chi connectivity index (χ1v) is 5.82. The summed E-state index contributed by atoms with van der Waals surface area (Å²) in [6.45, 7) is 0.687. The van der Waals surface area contributed by atoms with Crippen LogP contribution in [0.2, 0.25) is 0 Å². The molecule has 1 aliphatic rings. The van der Waals surface area contributed by atoms with E-state index in [0.29, 0.717) is 19.4 Å². The molecule has 0 aliphatic carbocycles. The Hall–Kier alpha value is -1.68. The van der Waals surface area contributed by atoms with Gasteiger partial charge in [-0.1, -0.05) is 18.2 Å². The fraction of sp³-hybridized carbons (Fsp3) is 0.385. The molecule has 1 atom stereocenters. The molecule has 1 aromatic carbocycles. The molecule has 0 aromatic heterocycles. The molecule has 0 fully saturated rings. The van der Waals surface area contributed by atoms with E-state index in [9.17, 15) is 9.59 Å². The molecule has 0 bridgehead atoms. The third kappa shape index (κ3) is 2.36. The monoisotopic (exact) mass is 232 g/mol. The highest BCUT2D eigenvalue weighted by Crippen LogP contribution is 2.27. The number of para-hydroxylation sites is 1. The van der Waals surface area contributed by atoms with Crippen LogP contribution in [0.5, 0.6) is 0 Å². The number of nitrogens with zero attached hydrogens (tertiary/aromatic N) is 1. The van der Waals surface area contributed by atoms with Gasteiger partial charge in [-0.05, 0) is 24.5 Å². The van der Waals surface area contributed by atoms with E-state index in [1.165, 1.54) is 5.56 Å². The number of aldehydes is 1. The third-order valence-electron chi connectivity index (χ3n) is 3.07. The summed E-state index contributed by atoms with van der Waals surface area (Å²) in [5.41, 5.74) is 7.93. The Bertz CT molecular complexity index is 431. The average molecular weight is 232 g/mol. The lowest BCUT2D eigenvalue weighted by atomic mass is 10.1. The predicted molar refractivity (Wildman–Crippen MR) is 65.8 cm³/mol. The molecule has 0 radical (unpaired) electrons. The second-order valence-electron chi connectivity index (χ2n) is 4.22. The molecule has 1 aromatic rings. The van der Waals surface area contributed by atoms with Crippen LogP contribution in [0.4, 0.5) is 5.69 Å². The standard InChI is InChI=1S/C13H16N2O2/c14-11(5-3-9-16)13(17)15-8-7-10-4-1-2-6-12(10)15/h1-2,4,6,9,11H,3,5,7-8,14H2/t11-/m0/s1. The van der Waals surface area contributed by atoms with Gasteiger partial charge in [-0.15, -0.1) is 0 Å². The molecule has 0 spiro atoms. The van der Waals surface area contributed by atoms with Crippen LogP contribution in [0.3, 0.4) is 0 Å². The van der Waals surface area contributed by atoms with Gasteiger partial charge in [0.25, 0.3) is 0 Å². The van der Waals surface area contributed by atoms with Gasteiger partial charge in [0.1, 0.15) is 6.29 Å². The van der Waals surface area contributed by atoms with Crippen LogP contribution in [0.25, 0.3) is 0 Å². The summed E-state index contributed by atoms with van der Waals surface area (Å²) in [4.78, 5) is 24.1. The highest BCUT2D eigenvalue weighted by Gasteiger charge is 2.27. The quantitative estimate of drug-likeness (QED) is 0.784. The van der Waals surface area contributed by atoms with Gasteiger partial charge in [-0.3, -0.25) is 4.79 Å². The number of nitrogens with two attached hydrogens (primary N) is 1. The number of carbonyl (C=O) groups excluding carboxylic acids is 2. The number of anilines is 1. The first kappa shape index (κ1) is 11.8. The molecule has 0 saturated heterocycles. The molecule has 0 unspecified atom stereocenters. The van der Waals surface area contributed by atoms with Crippen LogP contribution in [0.1, 0.15) is 18.4 Å². The zero-order chi connectivity index (χ0) is 12.3. The number of amides is 1. The molecule has 4 heteroatoms. The number of rotatable bonds is 4. The molecule has 1 amide bonds. The largest absolute Gasteiger partial charge is 0.320 e. The van der Waals surface area contributed by atoms with E-state index in [-0.39, 0.29) is 5.91 Å². The molecule has 1 heterocycles. The lowest BCUT2D eigenvalue weighted by molar-refractivity contribution is -0.120. The van der Waals surface area contributed by atoms with E-state index >= 15 is 0 Å². The van der Waals surface area contributed by atoms with Crippen molar-refractivity contribution in [2.45, 2.75) is 25.3 Å². The second kappa shape index (κ2) is 5.10. The molecule has 90 valence electrons. The molecule has 1 aliphatic heterocycles. The normalized spacial score (nSPS) is 15.5. The summed E-state index contributed by atoms with van der Waals surface area (Å²) in [6.07, 6.45) is 2.43. The Morgan fingerprint density at radius 2 is 2.24 bits per heavy atom. The number of benzene rings is 1. The lowest BCUT2D eigenvalue weighted by Crippen LogP contribution is -2.43. The molecule has 2 rings (SSSR count). The van der Waals surface area contributed by atoms with Gasteiger partial charge in [0.2, 0.25) is 5.91 Å². The van der Waals surface area contributed by atoms with Crippen LogP contribution >= 0.6 is 0 Å². The number of hydrogen-bond acceptors (Lipinski definition) is 3. The Kier molecular flexibility index (Phi) is 3.54. The summed E-state index contributed by atoms with van der Waals surface area (Å²) < 4.78 is 0. The molecule has 17 heavy (non-hydrogen) atoms. The van der Waals surface area contributed by atoms with Gasteiger partial charge >= 0.3 is 0 Å². The Morgan fingerprint density at radius 1 is 1.47 bits per heavy atom. The van der Waals surface area contributed by atoms with E-state index < -0.39 is 6.04 Å². The van der Waals surface area contributed by atoms with Gasteiger partial charge < -0.3 is 15.4 Å². The Balaban J connectivity index is 2.09. The zero-order valence-corrected chi connectivity index (χ0v) is 9.63. The van der Waals surface area contributed by atoms with E-state index in [4.69, 9.17) is 5.73 Å². The highest BCUT2D eigenvalue weighted by atomic mass is 16.2. The van der Waals surface area contributed by atoms with Crippen molar-refractivity contribution >= 4 is 17.9 Å². The smallest absolute Gasteiger partial charge is 0.243 e. The fourth-order valence-corrected chi connectivity index (χ4v) is 2.14. The van der Waals surface area contributed by atoms with Crippen LogP contribution in [-0.4, -0.2) is 24.8 Å². The summed E-state index contributed by atoms with van der Waals surface area (Å²) >= 11 is 0. The van der Waals surface area contributed by atoms with Crippen LogP contribution in [-0.2, 0) is 16.0 Å². The van der Waals surface area contributed by atoms with Gasteiger partial charge in [-0.25, -0.2) is 0 Å². The zero-order valence-electron chi connectivity index (χ0n) is 9.63. The topological polar surface area (TPSA) is 63.4 Å². The van der Waals surface area contributed by atoms with E-state index in [2.05, 4.69) is 0 Å². The van der Waals surface area contributed by atoms with Crippen LogP contribution in [0.15, 0.2) is 24.3 Å². The van der Waals surface area contributed by atoms with Crippen molar-refractivity contribution in [1.82, 2.24) is 0 Å². The van der Waals surface area contributed by atoms with Gasteiger partial charge in [0.05, 0.1) is 6.04 Å². The number of fused-ring (bicyclic) bond motifs is 1. The van der Waals surface area contributed by atoms with Crippen molar-refractivity contribution in [2.24, 2.45) is 5.73 Å². The van der Waals surface area contributed by atoms with Crippen LogP contribution < -0.4 is 10.6 Å². The minimum absolute atomic E-state index is 0.0863. The van der Waals surface area contributed by atoms with Crippen molar-refractivity contribution in [3.05, 3.63) is 29.8 Å². The first-order valence-electron chi connectivity index (χ1n) is 5.82. The van der Waals surface area contributed by atoms with E-state index in [1.54, 1.807) is 4.90 Å². The summed E-state index contributed by atoms with van der Waals surface area (Å²) in [5, 5.41) is 0. The number of hydrogen-bond donors (Lipinski definition) is 1. The summed E-state index contributed by atoms with van der Waals surface area (Å²) in [6, 6.07) is 7.28. The highest BCUT2D eigenvalue weighted by molar-refractivity contribution is 5.98. The number of carbonyl (C=O) groups is 2. The van der Waals surface area contributed by atoms with Crippen molar-refractivity contribution in [3.8, 4) is 0 Å². The third-order valence-corrected chi connectivity index (χ3v) is 3.07. The maximum atomic E-state index is 12.1. The molecule has 0 saturated carbocycles. The lowest BCUT2D eigenvalue weighted by Gasteiger charge is -2.21. The molecular weight excluding hydrogens is 216 g/mol. The van der Waals surface area contributed by atoms with E-state index in [0.717, 1.165) is 18.4 Å². The SMILES string of the molecule is N[C@@H](CCC=O)C(=O)N1CCc2ccccc21. The van der Waals surface area contributed by atoms with Crippen molar-refractivity contribution < 1.29 is 9.59 Å². The minimum atomic E-state index is -0.577. The van der Waals surface area contributed by atoms with Gasteiger partial charge in [-0.2, -0.15) is 0 Å².